The molecule has 0 saturated carbocycles. The first-order chi connectivity index (χ1) is 16.0. The van der Waals surface area contributed by atoms with Crippen molar-refractivity contribution in [2.45, 2.75) is 71.3 Å². The number of rotatable bonds is 8. The topological polar surface area (TPSA) is 95.9 Å². The summed E-state index contributed by atoms with van der Waals surface area (Å²) in [5.74, 6) is -0.902. The van der Waals surface area contributed by atoms with Crippen molar-refractivity contribution in [3.63, 3.8) is 0 Å². The van der Waals surface area contributed by atoms with E-state index in [0.717, 1.165) is 18.4 Å². The Balaban J connectivity index is 1.97. The van der Waals surface area contributed by atoms with Crippen LogP contribution in [0.2, 0.25) is 0 Å². The molecular weight excluding hydrogens is 430 g/mol. The van der Waals surface area contributed by atoms with Gasteiger partial charge >= 0.3 is 12.1 Å². The Morgan fingerprint density at radius 3 is 2.41 bits per heavy atom. The van der Waals surface area contributed by atoms with E-state index in [1.807, 2.05) is 52.0 Å². The summed E-state index contributed by atoms with van der Waals surface area (Å²) in [6, 6.07) is 17.0. The number of benzene rings is 2. The molecule has 0 spiro atoms. The van der Waals surface area contributed by atoms with E-state index in [0.29, 0.717) is 18.5 Å². The standard InChI is InChI=1S/C28H35NO5/c1-5-15-28(16-14-19-10-7-6-8-11-19)18-22(30)23(25(31)34-28)24(27(2,3)4)20-12-9-13-21(17-20)29-26(32)33/h6-13,17,24,29-30H,5,14-16,18H2,1-4H3,(H,32,33). The van der Waals surface area contributed by atoms with Crippen molar-refractivity contribution in [1.29, 1.82) is 0 Å². The zero-order valence-corrected chi connectivity index (χ0v) is 20.4. The van der Waals surface area contributed by atoms with E-state index in [9.17, 15) is 14.7 Å². The number of carbonyl (C=O) groups excluding carboxylic acids is 1. The number of esters is 1. The van der Waals surface area contributed by atoms with E-state index in [1.54, 1.807) is 18.2 Å². The molecule has 6 nitrogen and oxygen atoms in total. The molecule has 0 radical (unpaired) electrons. The molecule has 0 aliphatic carbocycles. The van der Waals surface area contributed by atoms with Crippen LogP contribution in [-0.2, 0) is 16.0 Å². The van der Waals surface area contributed by atoms with Gasteiger partial charge in [-0.1, -0.05) is 76.6 Å². The first-order valence-corrected chi connectivity index (χ1v) is 11.8. The molecule has 6 heteroatoms. The maximum atomic E-state index is 13.5. The predicted molar refractivity (Wildman–Crippen MR) is 133 cm³/mol. The normalized spacial score (nSPS) is 19.5. The highest BCUT2D eigenvalue weighted by atomic mass is 16.6. The van der Waals surface area contributed by atoms with Crippen LogP contribution in [0.4, 0.5) is 10.5 Å². The Bertz CT molecular complexity index is 1050. The molecule has 1 heterocycles. The largest absolute Gasteiger partial charge is 0.512 e. The molecule has 0 aromatic heterocycles. The Morgan fingerprint density at radius 1 is 1.12 bits per heavy atom. The molecular formula is C28H35NO5. The Labute approximate surface area is 201 Å². The molecule has 2 aromatic rings. The molecule has 34 heavy (non-hydrogen) atoms. The minimum atomic E-state index is -1.16. The fourth-order valence-corrected chi connectivity index (χ4v) is 4.99. The van der Waals surface area contributed by atoms with Gasteiger partial charge < -0.3 is 14.9 Å². The summed E-state index contributed by atoms with van der Waals surface area (Å²) in [5, 5.41) is 22.7. The summed E-state index contributed by atoms with van der Waals surface area (Å²) in [6.07, 6.45) is 1.99. The van der Waals surface area contributed by atoms with Crippen molar-refractivity contribution in [3.05, 3.63) is 77.1 Å². The molecule has 182 valence electrons. The van der Waals surface area contributed by atoms with Gasteiger partial charge in [-0.3, -0.25) is 5.32 Å². The fraction of sp³-hybridized carbons (Fsp3) is 0.429. The lowest BCUT2D eigenvalue weighted by Gasteiger charge is -2.41. The summed E-state index contributed by atoms with van der Waals surface area (Å²) in [7, 11) is 0. The third kappa shape index (κ3) is 5.99. The number of ether oxygens (including phenoxy) is 1. The number of aryl methyl sites for hydroxylation is 1. The molecule has 3 N–H and O–H groups in total. The van der Waals surface area contributed by atoms with Crippen molar-refractivity contribution >= 4 is 17.7 Å². The summed E-state index contributed by atoms with van der Waals surface area (Å²) in [6.45, 7) is 8.02. The number of nitrogens with one attached hydrogen (secondary N) is 1. The highest BCUT2D eigenvalue weighted by Gasteiger charge is 2.45. The lowest BCUT2D eigenvalue weighted by atomic mass is 9.70. The number of amides is 1. The fourth-order valence-electron chi connectivity index (χ4n) is 4.99. The van der Waals surface area contributed by atoms with Crippen LogP contribution in [-0.4, -0.2) is 27.9 Å². The Kier molecular flexibility index (Phi) is 7.70. The van der Waals surface area contributed by atoms with E-state index in [2.05, 4.69) is 17.4 Å². The van der Waals surface area contributed by atoms with Crippen LogP contribution in [0.3, 0.4) is 0 Å². The van der Waals surface area contributed by atoms with Gasteiger partial charge in [-0.2, -0.15) is 0 Å². The van der Waals surface area contributed by atoms with Crippen LogP contribution in [0.15, 0.2) is 65.9 Å². The Morgan fingerprint density at radius 2 is 1.82 bits per heavy atom. The van der Waals surface area contributed by atoms with Crippen LogP contribution >= 0.6 is 0 Å². The van der Waals surface area contributed by atoms with Crippen molar-refractivity contribution in [3.8, 4) is 0 Å². The number of carbonyl (C=O) groups is 2. The minimum Gasteiger partial charge on any atom is -0.512 e. The van der Waals surface area contributed by atoms with Crippen LogP contribution in [0.5, 0.6) is 0 Å². The number of hydrogen-bond donors (Lipinski definition) is 3. The van der Waals surface area contributed by atoms with Crippen molar-refractivity contribution < 1.29 is 24.5 Å². The molecule has 2 unspecified atom stereocenters. The smallest absolute Gasteiger partial charge is 0.409 e. The zero-order chi connectivity index (χ0) is 24.9. The molecule has 1 aliphatic rings. The van der Waals surface area contributed by atoms with E-state index < -0.39 is 29.0 Å². The van der Waals surface area contributed by atoms with E-state index in [-0.39, 0.29) is 17.8 Å². The summed E-state index contributed by atoms with van der Waals surface area (Å²) in [4.78, 5) is 24.6. The number of anilines is 1. The monoisotopic (exact) mass is 465 g/mol. The predicted octanol–water partition coefficient (Wildman–Crippen LogP) is 6.84. The molecule has 1 aliphatic heterocycles. The highest BCUT2D eigenvalue weighted by Crippen LogP contribution is 2.47. The highest BCUT2D eigenvalue weighted by molar-refractivity contribution is 5.92. The second kappa shape index (κ2) is 10.3. The number of aliphatic hydroxyl groups is 1. The third-order valence-corrected chi connectivity index (χ3v) is 6.37. The van der Waals surface area contributed by atoms with E-state index in [4.69, 9.17) is 9.84 Å². The van der Waals surface area contributed by atoms with Crippen LogP contribution < -0.4 is 5.32 Å². The number of cyclic esters (lactones) is 1. The van der Waals surface area contributed by atoms with Crippen LogP contribution in [0, 0.1) is 5.41 Å². The van der Waals surface area contributed by atoms with E-state index >= 15 is 0 Å². The quantitative estimate of drug-likeness (QED) is 0.371. The summed E-state index contributed by atoms with van der Waals surface area (Å²) < 4.78 is 6.15. The summed E-state index contributed by atoms with van der Waals surface area (Å²) in [5.41, 5.74) is 1.39. The maximum Gasteiger partial charge on any atom is 0.409 e. The Hall–Kier alpha value is -3.28. The van der Waals surface area contributed by atoms with Crippen molar-refractivity contribution in [1.82, 2.24) is 0 Å². The van der Waals surface area contributed by atoms with Crippen LogP contribution in [0.1, 0.15) is 70.4 Å². The number of carboxylic acid groups (broad SMARTS) is 1. The minimum absolute atomic E-state index is 0.0642. The van der Waals surface area contributed by atoms with Gasteiger partial charge in [-0.15, -0.1) is 0 Å². The molecule has 0 bridgehead atoms. The van der Waals surface area contributed by atoms with Gasteiger partial charge in [0.25, 0.3) is 0 Å². The molecule has 3 rings (SSSR count). The lowest BCUT2D eigenvalue weighted by molar-refractivity contribution is -0.161. The van der Waals surface area contributed by atoms with Gasteiger partial charge in [0.1, 0.15) is 11.4 Å². The SMILES string of the molecule is CCCC1(CCc2ccccc2)CC(O)=C(C(c2cccc(NC(=O)O)c2)C(C)(C)C)C(=O)O1. The number of aliphatic hydroxyl groups excluding tert-OH is 1. The van der Waals surface area contributed by atoms with Gasteiger partial charge in [0.2, 0.25) is 0 Å². The second-order valence-electron chi connectivity index (χ2n) is 10.2. The van der Waals surface area contributed by atoms with Crippen molar-refractivity contribution in [2.75, 3.05) is 5.32 Å². The zero-order valence-electron chi connectivity index (χ0n) is 20.4. The third-order valence-electron chi connectivity index (χ3n) is 6.37. The average Bonchev–Trinajstić information content (AvgIpc) is 2.75. The molecule has 0 saturated heterocycles. The van der Waals surface area contributed by atoms with E-state index in [1.165, 1.54) is 5.56 Å². The first kappa shape index (κ1) is 25.3. The molecule has 0 fully saturated rings. The molecule has 2 aromatic carbocycles. The molecule has 2 atom stereocenters. The molecule has 1 amide bonds. The van der Waals surface area contributed by atoms with Gasteiger partial charge in [0, 0.05) is 18.0 Å². The van der Waals surface area contributed by atoms with Gasteiger partial charge in [0.15, 0.2) is 0 Å². The lowest BCUT2D eigenvalue weighted by Crippen LogP contribution is -2.43. The average molecular weight is 466 g/mol. The maximum absolute atomic E-state index is 13.5. The summed E-state index contributed by atoms with van der Waals surface area (Å²) >= 11 is 0. The van der Waals surface area contributed by atoms with Gasteiger partial charge in [0.05, 0.1) is 5.57 Å². The van der Waals surface area contributed by atoms with Gasteiger partial charge in [-0.25, -0.2) is 9.59 Å². The van der Waals surface area contributed by atoms with Gasteiger partial charge in [-0.05, 0) is 47.9 Å². The number of hydrogen-bond acceptors (Lipinski definition) is 4. The first-order valence-electron chi connectivity index (χ1n) is 11.8. The second-order valence-corrected chi connectivity index (χ2v) is 10.2. The van der Waals surface area contributed by atoms with Crippen LogP contribution in [0.25, 0.3) is 0 Å². The van der Waals surface area contributed by atoms with Crippen molar-refractivity contribution in [2.24, 2.45) is 5.41 Å².